The molecule has 2 aromatic rings. The Morgan fingerprint density at radius 3 is 2.67 bits per heavy atom. The average molecular weight is 371 g/mol. The minimum atomic E-state index is 0.312. The molecule has 0 saturated carbocycles. The van der Waals surface area contributed by atoms with E-state index < -0.39 is 0 Å². The molecule has 27 heavy (non-hydrogen) atoms. The van der Waals surface area contributed by atoms with E-state index in [1.54, 1.807) is 0 Å². The van der Waals surface area contributed by atoms with Crippen LogP contribution in [0, 0.1) is 11.8 Å². The third-order valence-electron chi connectivity index (χ3n) is 6.55. The number of likely N-dealkylation sites (N-methyl/N-ethyl adjacent to an activating group) is 1. The highest BCUT2D eigenvalue weighted by Gasteiger charge is 2.33. The zero-order valence-electron chi connectivity index (χ0n) is 16.8. The van der Waals surface area contributed by atoms with Crippen LogP contribution in [0.1, 0.15) is 12.0 Å². The van der Waals surface area contributed by atoms with E-state index in [-0.39, 0.29) is 0 Å². The molecule has 3 heterocycles. The van der Waals surface area contributed by atoms with Crippen LogP contribution in [0.2, 0.25) is 0 Å². The highest BCUT2D eigenvalue weighted by Crippen LogP contribution is 2.27. The first-order valence-corrected chi connectivity index (χ1v) is 10.4. The Morgan fingerprint density at radius 1 is 0.963 bits per heavy atom. The van der Waals surface area contributed by atoms with E-state index in [0.717, 1.165) is 39.3 Å². The Bertz CT molecular complexity index is 758. The Kier molecular flexibility index (Phi) is 5.83. The number of aromatic nitrogens is 1. The number of hydrogen-bond acceptors (Lipinski definition) is 4. The Labute approximate surface area is 163 Å². The first-order chi connectivity index (χ1) is 13.1. The van der Waals surface area contributed by atoms with Crippen LogP contribution >= 0.6 is 0 Å². The van der Waals surface area contributed by atoms with Crippen LogP contribution in [0.3, 0.4) is 0 Å². The summed E-state index contributed by atoms with van der Waals surface area (Å²) >= 11 is 0. The van der Waals surface area contributed by atoms with Gasteiger partial charge in [-0.05, 0) is 67.5 Å². The summed E-state index contributed by atoms with van der Waals surface area (Å²) in [4.78, 5) is 7.60. The summed E-state index contributed by atoms with van der Waals surface area (Å²) in [5.74, 6) is 0.991. The molecule has 2 aliphatic heterocycles. The minimum Gasteiger partial charge on any atom is -0.396 e. The second-order valence-electron chi connectivity index (χ2n) is 8.67. The van der Waals surface area contributed by atoms with Gasteiger partial charge in [0.2, 0.25) is 0 Å². The van der Waals surface area contributed by atoms with Crippen LogP contribution in [-0.2, 0) is 13.6 Å². The lowest BCUT2D eigenvalue weighted by Crippen LogP contribution is -2.36. The number of fused-ring (bicyclic) bond motifs is 1. The molecule has 0 spiro atoms. The van der Waals surface area contributed by atoms with Crippen LogP contribution in [0.15, 0.2) is 30.5 Å². The van der Waals surface area contributed by atoms with Gasteiger partial charge in [-0.25, -0.2) is 0 Å². The molecule has 1 aromatic heterocycles. The molecule has 0 unspecified atom stereocenters. The van der Waals surface area contributed by atoms with Gasteiger partial charge in [0.15, 0.2) is 0 Å². The summed E-state index contributed by atoms with van der Waals surface area (Å²) in [6.07, 6.45) is 3.38. The fourth-order valence-corrected chi connectivity index (χ4v) is 4.88. The summed E-state index contributed by atoms with van der Waals surface area (Å²) in [5, 5.41) is 11.3. The fraction of sp³-hybridized carbons (Fsp3) is 0.636. The Balaban J connectivity index is 1.38. The van der Waals surface area contributed by atoms with Crippen molar-refractivity contribution in [1.29, 1.82) is 0 Å². The van der Waals surface area contributed by atoms with Crippen molar-refractivity contribution in [2.24, 2.45) is 18.9 Å². The van der Waals surface area contributed by atoms with Crippen LogP contribution < -0.4 is 0 Å². The number of benzene rings is 1. The smallest absolute Gasteiger partial charge is 0.0477 e. The van der Waals surface area contributed by atoms with Crippen molar-refractivity contribution in [3.63, 3.8) is 0 Å². The van der Waals surface area contributed by atoms with Gasteiger partial charge < -0.3 is 19.5 Å². The molecule has 4 rings (SSSR count). The molecule has 2 aliphatic rings. The van der Waals surface area contributed by atoms with Crippen molar-refractivity contribution in [2.75, 3.05) is 59.5 Å². The van der Waals surface area contributed by atoms with Gasteiger partial charge in [0.25, 0.3) is 0 Å². The number of likely N-dealkylation sites (tertiary alicyclic amines) is 1. The maximum absolute atomic E-state index is 9.94. The minimum absolute atomic E-state index is 0.312. The first kappa shape index (κ1) is 18.9. The molecule has 5 nitrogen and oxygen atoms in total. The lowest BCUT2D eigenvalue weighted by molar-refractivity contribution is 0.165. The quantitative estimate of drug-likeness (QED) is 0.871. The van der Waals surface area contributed by atoms with E-state index in [1.807, 2.05) is 0 Å². The van der Waals surface area contributed by atoms with Crippen LogP contribution in [-0.4, -0.2) is 83.8 Å². The molecule has 2 fully saturated rings. The number of nitrogens with zero attached hydrogens (tertiary/aromatic N) is 4. The average Bonchev–Trinajstić information content (AvgIpc) is 3.15. The van der Waals surface area contributed by atoms with Crippen molar-refractivity contribution < 1.29 is 5.11 Å². The molecule has 5 heteroatoms. The molecular formula is C22H34N4O. The van der Waals surface area contributed by atoms with Crippen LogP contribution in [0.5, 0.6) is 0 Å². The van der Waals surface area contributed by atoms with Crippen LogP contribution in [0.4, 0.5) is 0 Å². The maximum Gasteiger partial charge on any atom is 0.0477 e. The van der Waals surface area contributed by atoms with Crippen LogP contribution in [0.25, 0.3) is 10.9 Å². The van der Waals surface area contributed by atoms with Crippen molar-refractivity contribution in [2.45, 2.75) is 13.0 Å². The SMILES string of the molecule is CN1CCCN(C[C@@H]2CN(Cc3ccc4c(ccn4C)c3)C[C@@H]2CO)CC1. The highest BCUT2D eigenvalue weighted by atomic mass is 16.3. The number of rotatable bonds is 5. The standard InChI is InChI=1S/C22H34N4O/c1-23-7-3-8-25(11-10-23)14-20-15-26(16-21(20)17-27)13-18-4-5-22-19(12-18)6-9-24(22)2/h4-6,9,12,20-21,27H,3,7-8,10-11,13-17H2,1-2H3/t20-,21-/m1/s1. The van der Waals surface area contributed by atoms with E-state index in [4.69, 9.17) is 0 Å². The predicted molar refractivity (Wildman–Crippen MR) is 111 cm³/mol. The third-order valence-corrected chi connectivity index (χ3v) is 6.55. The fourth-order valence-electron chi connectivity index (χ4n) is 4.88. The van der Waals surface area contributed by atoms with E-state index in [0.29, 0.717) is 18.4 Å². The van der Waals surface area contributed by atoms with Crippen molar-refractivity contribution in [1.82, 2.24) is 19.3 Å². The van der Waals surface area contributed by atoms with Gasteiger partial charge in [0, 0.05) is 64.6 Å². The largest absolute Gasteiger partial charge is 0.396 e. The second-order valence-corrected chi connectivity index (χ2v) is 8.67. The normalized spacial score (nSPS) is 26.0. The molecule has 0 aliphatic carbocycles. The molecular weight excluding hydrogens is 336 g/mol. The van der Waals surface area contributed by atoms with E-state index in [2.05, 4.69) is 63.8 Å². The van der Waals surface area contributed by atoms with Crippen molar-refractivity contribution in [3.8, 4) is 0 Å². The van der Waals surface area contributed by atoms with E-state index in [9.17, 15) is 5.11 Å². The van der Waals surface area contributed by atoms with Gasteiger partial charge in [-0.15, -0.1) is 0 Å². The first-order valence-electron chi connectivity index (χ1n) is 10.4. The lowest BCUT2D eigenvalue weighted by atomic mass is 9.96. The van der Waals surface area contributed by atoms with Crippen molar-refractivity contribution >= 4 is 10.9 Å². The van der Waals surface area contributed by atoms with Gasteiger partial charge >= 0.3 is 0 Å². The number of hydrogen-bond donors (Lipinski definition) is 1. The monoisotopic (exact) mass is 370 g/mol. The zero-order chi connectivity index (χ0) is 18.8. The molecule has 2 atom stereocenters. The van der Waals surface area contributed by atoms with Gasteiger partial charge in [-0.2, -0.15) is 0 Å². The molecule has 0 radical (unpaired) electrons. The molecule has 0 bridgehead atoms. The maximum atomic E-state index is 9.94. The van der Waals surface area contributed by atoms with Gasteiger partial charge in [-0.1, -0.05) is 6.07 Å². The molecule has 2 saturated heterocycles. The molecule has 1 N–H and O–H groups in total. The molecule has 148 valence electrons. The summed E-state index contributed by atoms with van der Waals surface area (Å²) in [7, 11) is 4.32. The van der Waals surface area contributed by atoms with Gasteiger partial charge in [0.1, 0.15) is 0 Å². The summed E-state index contributed by atoms with van der Waals surface area (Å²) in [5.41, 5.74) is 2.67. The topological polar surface area (TPSA) is 34.9 Å². The second kappa shape index (κ2) is 8.31. The number of aliphatic hydroxyl groups is 1. The Morgan fingerprint density at radius 2 is 1.81 bits per heavy atom. The highest BCUT2D eigenvalue weighted by molar-refractivity contribution is 5.80. The van der Waals surface area contributed by atoms with Gasteiger partial charge in [0.05, 0.1) is 0 Å². The molecule has 1 aromatic carbocycles. The third kappa shape index (κ3) is 4.37. The number of aryl methyl sites for hydroxylation is 1. The Hall–Kier alpha value is -1.40. The molecule has 0 amide bonds. The lowest BCUT2D eigenvalue weighted by Gasteiger charge is -2.26. The summed E-state index contributed by atoms with van der Waals surface area (Å²) in [6.45, 7) is 9.28. The summed E-state index contributed by atoms with van der Waals surface area (Å²) < 4.78 is 2.17. The number of aliphatic hydroxyl groups excluding tert-OH is 1. The van der Waals surface area contributed by atoms with E-state index >= 15 is 0 Å². The van der Waals surface area contributed by atoms with E-state index in [1.165, 1.54) is 36.0 Å². The zero-order valence-corrected chi connectivity index (χ0v) is 16.8. The predicted octanol–water partition coefficient (Wildman–Crippen LogP) is 1.86. The van der Waals surface area contributed by atoms with Crippen molar-refractivity contribution in [3.05, 3.63) is 36.0 Å². The summed E-state index contributed by atoms with van der Waals surface area (Å²) in [6, 6.07) is 9.00. The van der Waals surface area contributed by atoms with Gasteiger partial charge in [-0.3, -0.25) is 4.90 Å².